The number of benzene rings is 1. The summed E-state index contributed by atoms with van der Waals surface area (Å²) in [7, 11) is 3.32. The van der Waals surface area contributed by atoms with E-state index < -0.39 is 0 Å². The van der Waals surface area contributed by atoms with Crippen LogP contribution in [0.4, 0.5) is 11.4 Å². The van der Waals surface area contributed by atoms with Crippen molar-refractivity contribution < 1.29 is 23.8 Å². The topological polar surface area (TPSA) is 103 Å². The number of aromatic nitrogens is 2. The van der Waals surface area contributed by atoms with E-state index >= 15 is 0 Å². The number of methoxy groups -OCH3 is 1. The molecule has 1 saturated heterocycles. The van der Waals surface area contributed by atoms with E-state index in [2.05, 4.69) is 30.7 Å². The molecule has 1 atom stereocenters. The van der Waals surface area contributed by atoms with Crippen molar-refractivity contribution in [2.24, 2.45) is 24.3 Å². The molecule has 3 aromatic rings. The molecule has 1 aliphatic heterocycles. The highest BCUT2D eigenvalue weighted by Gasteiger charge is 2.35. The molecule has 2 fully saturated rings. The van der Waals surface area contributed by atoms with Gasteiger partial charge in [-0.1, -0.05) is 20.8 Å². The van der Waals surface area contributed by atoms with Crippen molar-refractivity contribution in [3.63, 3.8) is 0 Å². The second kappa shape index (κ2) is 15.3. The van der Waals surface area contributed by atoms with Gasteiger partial charge >= 0.3 is 5.97 Å². The van der Waals surface area contributed by atoms with Gasteiger partial charge in [-0.15, -0.1) is 0 Å². The average Bonchev–Trinajstić information content (AvgIpc) is 3.92. The number of carbonyl (C=O) groups is 2. The minimum absolute atomic E-state index is 0.127. The van der Waals surface area contributed by atoms with Gasteiger partial charge in [0.1, 0.15) is 11.4 Å². The van der Waals surface area contributed by atoms with E-state index in [4.69, 9.17) is 14.2 Å². The third-order valence-corrected chi connectivity index (χ3v) is 9.20. The van der Waals surface area contributed by atoms with E-state index in [1.165, 1.54) is 4.57 Å². The Bertz CT molecular complexity index is 1630. The number of hydrogen-bond donors (Lipinski definition) is 0. The van der Waals surface area contributed by atoms with Crippen LogP contribution in [0.2, 0.25) is 0 Å². The van der Waals surface area contributed by atoms with E-state index in [9.17, 15) is 14.4 Å². The summed E-state index contributed by atoms with van der Waals surface area (Å²) in [5.74, 6) is 1.82. The molecule has 1 saturated carbocycles. The van der Waals surface area contributed by atoms with Crippen molar-refractivity contribution in [1.82, 2.24) is 9.55 Å². The fraction of sp³-hybridized carbons (Fsp3) is 0.526. The number of piperidine rings is 1. The molecule has 258 valence electrons. The zero-order valence-electron chi connectivity index (χ0n) is 29.2. The van der Waals surface area contributed by atoms with Crippen molar-refractivity contribution in [1.29, 1.82) is 0 Å². The van der Waals surface area contributed by atoms with Gasteiger partial charge in [0.2, 0.25) is 5.88 Å². The summed E-state index contributed by atoms with van der Waals surface area (Å²) in [6.07, 6.45) is 7.85. The molecule has 2 aromatic heterocycles. The minimum Gasteiger partial charge on any atom is -0.497 e. The number of hydrogen-bond acceptors (Lipinski definition) is 8. The summed E-state index contributed by atoms with van der Waals surface area (Å²) >= 11 is 0. The number of rotatable bonds is 13. The molecule has 10 heteroatoms. The van der Waals surface area contributed by atoms with Crippen molar-refractivity contribution in [3.8, 4) is 11.6 Å². The molecule has 5 rings (SSSR count). The number of aryl methyl sites for hydroxylation is 1. The molecule has 1 amide bonds. The first-order valence-electron chi connectivity index (χ1n) is 17.1. The second-order valence-corrected chi connectivity index (χ2v) is 14.3. The van der Waals surface area contributed by atoms with Gasteiger partial charge < -0.3 is 28.6 Å². The number of pyridine rings is 2. The Kier molecular flexibility index (Phi) is 11.1. The lowest BCUT2D eigenvalue weighted by atomic mass is 9.92. The summed E-state index contributed by atoms with van der Waals surface area (Å²) in [6.45, 7) is 10.8. The van der Waals surface area contributed by atoms with Crippen LogP contribution in [0, 0.1) is 17.3 Å². The molecule has 1 aliphatic carbocycles. The van der Waals surface area contributed by atoms with Crippen LogP contribution in [0.1, 0.15) is 81.6 Å². The smallest absolute Gasteiger partial charge is 0.306 e. The molecule has 0 spiro atoms. The number of ether oxygens (including phenoxy) is 3. The minimum atomic E-state index is -0.241. The van der Waals surface area contributed by atoms with Gasteiger partial charge in [-0.2, -0.15) is 0 Å². The monoisotopic (exact) mass is 658 g/mol. The zero-order valence-corrected chi connectivity index (χ0v) is 29.2. The number of esters is 1. The highest BCUT2D eigenvalue weighted by Crippen LogP contribution is 2.45. The Morgan fingerprint density at radius 1 is 1.06 bits per heavy atom. The summed E-state index contributed by atoms with van der Waals surface area (Å²) in [5, 5.41) is 0. The highest BCUT2D eigenvalue weighted by molar-refractivity contribution is 6.10. The molecule has 1 aromatic carbocycles. The first-order chi connectivity index (χ1) is 23.0. The number of nitrogens with zero attached hydrogens (tertiary/aromatic N) is 4. The van der Waals surface area contributed by atoms with Crippen molar-refractivity contribution in [2.45, 2.75) is 65.7 Å². The van der Waals surface area contributed by atoms with Crippen LogP contribution >= 0.6 is 0 Å². The van der Waals surface area contributed by atoms with Gasteiger partial charge in [-0.25, -0.2) is 4.98 Å². The lowest BCUT2D eigenvalue weighted by Gasteiger charge is -2.36. The molecule has 2 aliphatic rings. The number of anilines is 2. The molecule has 1 unspecified atom stereocenters. The Labute approximate surface area is 284 Å². The first-order valence-corrected chi connectivity index (χ1v) is 17.1. The average molecular weight is 659 g/mol. The standard InChI is InChI=1S/C38H50N4O6/c1-7-47-35(43)23-31(27-10-11-27)28-14-17-39-34(21-28)48-24-26-15-19-41(20-16-26)33-22-29(46-6)12-13-30(33)36(44)42(25-38(2,3)4)32-9-8-18-40(5)37(32)45/h8-9,12-14,17-18,21-22,26-27,31H,7,10-11,15-16,19-20,23-25H2,1-6H3. The van der Waals surface area contributed by atoms with Gasteiger partial charge in [-0.05, 0) is 91.7 Å². The quantitative estimate of drug-likeness (QED) is 0.200. The predicted octanol–water partition coefficient (Wildman–Crippen LogP) is 6.22. The van der Waals surface area contributed by atoms with Crippen molar-refractivity contribution in [3.05, 3.63) is 76.3 Å². The zero-order chi connectivity index (χ0) is 34.4. The normalized spacial score (nSPS) is 15.9. The van der Waals surface area contributed by atoms with Crippen LogP contribution < -0.4 is 24.8 Å². The lowest BCUT2D eigenvalue weighted by molar-refractivity contribution is -0.143. The van der Waals surface area contributed by atoms with Gasteiger partial charge in [-0.3, -0.25) is 14.4 Å². The van der Waals surface area contributed by atoms with Crippen LogP contribution in [0.25, 0.3) is 0 Å². The van der Waals surface area contributed by atoms with Crippen molar-refractivity contribution in [2.75, 3.05) is 49.8 Å². The van der Waals surface area contributed by atoms with Crippen LogP contribution in [0.3, 0.4) is 0 Å². The van der Waals surface area contributed by atoms with E-state index in [0.29, 0.717) is 60.9 Å². The molecular weight excluding hydrogens is 608 g/mol. The van der Waals surface area contributed by atoms with E-state index in [-0.39, 0.29) is 28.8 Å². The Morgan fingerprint density at radius 3 is 2.48 bits per heavy atom. The third-order valence-electron chi connectivity index (χ3n) is 9.20. The van der Waals surface area contributed by atoms with Crippen LogP contribution in [-0.4, -0.2) is 61.4 Å². The Hall–Kier alpha value is -4.34. The fourth-order valence-corrected chi connectivity index (χ4v) is 6.49. The third kappa shape index (κ3) is 8.76. The van der Waals surface area contributed by atoms with Gasteiger partial charge in [0.25, 0.3) is 11.5 Å². The lowest BCUT2D eigenvalue weighted by Crippen LogP contribution is -2.43. The molecule has 0 N–H and O–H groups in total. The molecule has 3 heterocycles. The first kappa shape index (κ1) is 35.0. The largest absolute Gasteiger partial charge is 0.497 e. The van der Waals surface area contributed by atoms with Gasteiger partial charge in [0.15, 0.2) is 0 Å². The Morgan fingerprint density at radius 2 is 1.81 bits per heavy atom. The molecular formula is C38H50N4O6. The van der Waals surface area contributed by atoms with E-state index in [1.54, 1.807) is 49.7 Å². The summed E-state index contributed by atoms with van der Waals surface area (Å²) in [5.41, 5.74) is 2.32. The number of amides is 1. The van der Waals surface area contributed by atoms with Crippen molar-refractivity contribution >= 4 is 23.3 Å². The van der Waals surface area contributed by atoms with Crippen LogP contribution in [0.5, 0.6) is 11.6 Å². The maximum atomic E-state index is 14.3. The summed E-state index contributed by atoms with van der Waals surface area (Å²) in [6, 6.07) is 13.0. The van der Waals surface area contributed by atoms with Gasteiger partial charge in [0.05, 0.1) is 38.0 Å². The van der Waals surface area contributed by atoms with Gasteiger partial charge in [0, 0.05) is 51.2 Å². The molecule has 0 radical (unpaired) electrons. The van der Waals surface area contributed by atoms with E-state index in [0.717, 1.165) is 50.0 Å². The van der Waals surface area contributed by atoms with E-state index in [1.807, 2.05) is 31.2 Å². The predicted molar refractivity (Wildman–Crippen MR) is 187 cm³/mol. The fourth-order valence-electron chi connectivity index (χ4n) is 6.49. The molecule has 10 nitrogen and oxygen atoms in total. The SMILES string of the molecule is CCOC(=O)CC(c1ccnc(OCC2CCN(c3cc(OC)ccc3C(=O)N(CC(C)(C)C)c3cccn(C)c3=O)CC2)c1)C1CC1. The highest BCUT2D eigenvalue weighted by atomic mass is 16.5. The summed E-state index contributed by atoms with van der Waals surface area (Å²) < 4.78 is 18.5. The summed E-state index contributed by atoms with van der Waals surface area (Å²) in [4.78, 5) is 48.1. The maximum Gasteiger partial charge on any atom is 0.306 e. The second-order valence-electron chi connectivity index (χ2n) is 14.3. The molecule has 0 bridgehead atoms. The Balaban J connectivity index is 1.28. The van der Waals surface area contributed by atoms with Crippen LogP contribution in [-0.2, 0) is 16.6 Å². The maximum absolute atomic E-state index is 14.3. The molecule has 48 heavy (non-hydrogen) atoms. The number of carbonyl (C=O) groups excluding carboxylic acids is 2. The van der Waals surface area contributed by atoms with Crippen LogP contribution in [0.15, 0.2) is 59.7 Å².